The highest BCUT2D eigenvalue weighted by Gasteiger charge is 2.15. The number of para-hydroxylation sites is 2. The molecule has 9 rings (SSSR count). The zero-order valence-electron chi connectivity index (χ0n) is 26.6. The lowest BCUT2D eigenvalue weighted by molar-refractivity contribution is 1.07. The van der Waals surface area contributed by atoms with E-state index >= 15 is 0 Å². The fraction of sp³-hybridized carbons (Fsp3) is 0. The Bertz CT molecular complexity index is 2560. The molecule has 0 aliphatic heterocycles. The molecule has 7 aromatic carbocycles. The van der Waals surface area contributed by atoms with Gasteiger partial charge in [-0.1, -0.05) is 152 Å². The topological polar surface area (TPSA) is 43.6 Å². The van der Waals surface area contributed by atoms with E-state index in [9.17, 15) is 0 Å². The van der Waals surface area contributed by atoms with Crippen molar-refractivity contribution in [2.75, 3.05) is 0 Å². The Morgan fingerprint density at radius 3 is 1.27 bits per heavy atom. The van der Waals surface area contributed by atoms with Gasteiger partial charge in [-0.05, 0) is 52.6 Å². The minimum atomic E-state index is 0.643. The smallest absolute Gasteiger partial charge is 0.164 e. The van der Waals surface area contributed by atoms with Crippen molar-refractivity contribution in [1.82, 2.24) is 19.5 Å². The van der Waals surface area contributed by atoms with Crippen LogP contribution in [0.4, 0.5) is 0 Å². The first kappa shape index (κ1) is 28.6. The maximum absolute atomic E-state index is 4.99. The quantitative estimate of drug-likeness (QED) is 0.184. The Morgan fingerprint density at radius 2 is 0.673 bits per heavy atom. The van der Waals surface area contributed by atoms with E-state index in [1.165, 1.54) is 27.4 Å². The minimum absolute atomic E-state index is 0.643. The number of benzene rings is 7. The summed E-state index contributed by atoms with van der Waals surface area (Å²) in [7, 11) is 0. The third-order valence-corrected chi connectivity index (χ3v) is 9.08. The predicted octanol–water partition coefficient (Wildman–Crippen LogP) is 11.3. The lowest BCUT2D eigenvalue weighted by atomic mass is 10.0. The summed E-state index contributed by atoms with van der Waals surface area (Å²) in [6.45, 7) is 0. The molecule has 9 aromatic rings. The van der Waals surface area contributed by atoms with Crippen LogP contribution >= 0.6 is 0 Å². The molecular weight excluding hydrogens is 597 g/mol. The van der Waals surface area contributed by atoms with Gasteiger partial charge in [-0.25, -0.2) is 15.0 Å². The molecule has 49 heavy (non-hydrogen) atoms. The van der Waals surface area contributed by atoms with Crippen molar-refractivity contribution >= 4 is 21.8 Å². The second-order valence-corrected chi connectivity index (χ2v) is 12.1. The van der Waals surface area contributed by atoms with Crippen molar-refractivity contribution in [3.63, 3.8) is 0 Å². The summed E-state index contributed by atoms with van der Waals surface area (Å²) in [6, 6.07) is 63.4. The van der Waals surface area contributed by atoms with Crippen LogP contribution < -0.4 is 0 Å². The van der Waals surface area contributed by atoms with Crippen molar-refractivity contribution < 1.29 is 0 Å². The number of fused-ring (bicyclic) bond motifs is 3. The second-order valence-electron chi connectivity index (χ2n) is 12.1. The number of rotatable bonds is 6. The van der Waals surface area contributed by atoms with Gasteiger partial charge in [0.1, 0.15) is 0 Å². The molecule has 230 valence electrons. The average Bonchev–Trinajstić information content (AvgIpc) is 3.52. The van der Waals surface area contributed by atoms with Gasteiger partial charge in [0.25, 0.3) is 0 Å². The van der Waals surface area contributed by atoms with Gasteiger partial charge in [0.05, 0.1) is 11.0 Å². The Kier molecular flexibility index (Phi) is 7.10. The largest absolute Gasteiger partial charge is 0.309 e. The Morgan fingerprint density at radius 1 is 0.286 bits per heavy atom. The summed E-state index contributed by atoms with van der Waals surface area (Å²) in [5, 5.41) is 2.47. The highest BCUT2D eigenvalue weighted by molar-refractivity contribution is 6.10. The van der Waals surface area contributed by atoms with Gasteiger partial charge in [-0.2, -0.15) is 0 Å². The third-order valence-electron chi connectivity index (χ3n) is 9.08. The molecule has 0 spiro atoms. The first-order valence-corrected chi connectivity index (χ1v) is 16.5. The van der Waals surface area contributed by atoms with Crippen LogP contribution in [0, 0.1) is 0 Å². The molecule has 0 fully saturated rings. The molecule has 0 bridgehead atoms. The molecule has 0 saturated carbocycles. The Labute approximate surface area is 284 Å². The molecule has 0 aliphatic rings. The SMILES string of the molecule is c1ccc(-c2ccc(-c3nc(-c4ccccc4)nc(-c4ccc(-c5ccc6c(c5)c5ccccc5n6-c5ccccc5)cc4)n3)cc2)cc1. The van der Waals surface area contributed by atoms with Crippen LogP contribution in [-0.4, -0.2) is 19.5 Å². The van der Waals surface area contributed by atoms with Gasteiger partial charge in [0.2, 0.25) is 0 Å². The molecule has 0 amide bonds. The number of hydrogen-bond acceptors (Lipinski definition) is 3. The molecule has 2 heterocycles. The van der Waals surface area contributed by atoms with Crippen molar-refractivity contribution in [3.05, 3.63) is 182 Å². The minimum Gasteiger partial charge on any atom is -0.309 e. The van der Waals surface area contributed by atoms with Crippen molar-refractivity contribution in [2.45, 2.75) is 0 Å². The lowest BCUT2D eigenvalue weighted by Gasteiger charge is -2.10. The van der Waals surface area contributed by atoms with Crippen LogP contribution in [0.3, 0.4) is 0 Å². The summed E-state index contributed by atoms with van der Waals surface area (Å²) in [5.74, 6) is 1.94. The van der Waals surface area contributed by atoms with E-state index in [-0.39, 0.29) is 0 Å². The van der Waals surface area contributed by atoms with E-state index in [4.69, 9.17) is 15.0 Å². The molecule has 4 nitrogen and oxygen atoms in total. The Hall–Kier alpha value is -6.65. The summed E-state index contributed by atoms with van der Waals surface area (Å²) in [6.07, 6.45) is 0. The van der Waals surface area contributed by atoms with Crippen molar-refractivity contribution in [2.24, 2.45) is 0 Å². The van der Waals surface area contributed by atoms with Gasteiger partial charge in [0.15, 0.2) is 17.5 Å². The fourth-order valence-electron chi connectivity index (χ4n) is 6.61. The highest BCUT2D eigenvalue weighted by Crippen LogP contribution is 2.35. The predicted molar refractivity (Wildman–Crippen MR) is 201 cm³/mol. The maximum atomic E-state index is 4.99. The number of aromatic nitrogens is 4. The van der Waals surface area contributed by atoms with Crippen LogP contribution in [0.25, 0.3) is 83.9 Å². The van der Waals surface area contributed by atoms with Crippen molar-refractivity contribution in [3.8, 4) is 62.1 Å². The molecule has 0 N–H and O–H groups in total. The molecule has 4 heteroatoms. The second kappa shape index (κ2) is 12.2. The fourth-order valence-corrected chi connectivity index (χ4v) is 6.61. The van der Waals surface area contributed by atoms with Gasteiger partial charge in [-0.15, -0.1) is 0 Å². The van der Waals surface area contributed by atoms with Gasteiger partial charge >= 0.3 is 0 Å². The van der Waals surface area contributed by atoms with Crippen molar-refractivity contribution in [1.29, 1.82) is 0 Å². The summed E-state index contributed by atoms with van der Waals surface area (Å²) in [5.41, 5.74) is 11.0. The molecule has 0 aliphatic carbocycles. The zero-order valence-corrected chi connectivity index (χ0v) is 26.6. The normalized spacial score (nSPS) is 11.3. The van der Waals surface area contributed by atoms with Crippen LogP contribution in [0.2, 0.25) is 0 Å². The van der Waals surface area contributed by atoms with E-state index in [0.29, 0.717) is 17.5 Å². The summed E-state index contributed by atoms with van der Waals surface area (Å²) >= 11 is 0. The molecule has 0 atom stereocenters. The standard InChI is InChI=1S/C45H30N4/c1-4-12-31(13-5-1)32-20-24-35(25-21-32)44-46-43(34-14-6-2-7-15-34)47-45(48-44)36-26-22-33(23-27-36)37-28-29-42-40(30-37)39-18-10-11-19-41(39)49(42)38-16-8-3-9-17-38/h1-30H. The van der Waals surface area contributed by atoms with Crippen LogP contribution in [-0.2, 0) is 0 Å². The monoisotopic (exact) mass is 626 g/mol. The van der Waals surface area contributed by atoms with Gasteiger partial charge < -0.3 is 4.57 Å². The summed E-state index contributed by atoms with van der Waals surface area (Å²) in [4.78, 5) is 14.9. The number of nitrogens with zero attached hydrogens (tertiary/aromatic N) is 4. The zero-order chi connectivity index (χ0) is 32.6. The first-order chi connectivity index (χ1) is 24.3. The third kappa shape index (κ3) is 5.35. The molecule has 0 unspecified atom stereocenters. The Balaban J connectivity index is 1.10. The lowest BCUT2D eigenvalue weighted by Crippen LogP contribution is -2.00. The van der Waals surface area contributed by atoms with E-state index < -0.39 is 0 Å². The van der Waals surface area contributed by atoms with E-state index in [1.54, 1.807) is 0 Å². The van der Waals surface area contributed by atoms with Crippen LogP contribution in [0.1, 0.15) is 0 Å². The van der Waals surface area contributed by atoms with Gasteiger partial charge in [0, 0.05) is 33.2 Å². The van der Waals surface area contributed by atoms with E-state index in [2.05, 4.69) is 150 Å². The molecule has 2 aromatic heterocycles. The summed E-state index contributed by atoms with van der Waals surface area (Å²) < 4.78 is 2.34. The van der Waals surface area contributed by atoms with Crippen LogP contribution in [0.15, 0.2) is 182 Å². The number of hydrogen-bond donors (Lipinski definition) is 0. The van der Waals surface area contributed by atoms with E-state index in [0.717, 1.165) is 39.1 Å². The molecule has 0 saturated heterocycles. The van der Waals surface area contributed by atoms with E-state index in [1.807, 2.05) is 36.4 Å². The highest BCUT2D eigenvalue weighted by atomic mass is 15.0. The molecule has 0 radical (unpaired) electrons. The van der Waals surface area contributed by atoms with Crippen LogP contribution in [0.5, 0.6) is 0 Å². The average molecular weight is 627 g/mol. The molecular formula is C45H30N4. The first-order valence-electron chi connectivity index (χ1n) is 16.5. The van der Waals surface area contributed by atoms with Gasteiger partial charge in [-0.3, -0.25) is 0 Å². The maximum Gasteiger partial charge on any atom is 0.164 e.